The molecule has 0 N–H and O–H groups in total. The van der Waals surface area contributed by atoms with Gasteiger partial charge in [-0.1, -0.05) is 45.5 Å². The maximum absolute atomic E-state index is 14.9. The van der Waals surface area contributed by atoms with Crippen LogP contribution < -0.4 is 0 Å². The van der Waals surface area contributed by atoms with Crippen molar-refractivity contribution in [3.8, 4) is 11.4 Å². The zero-order valence-electron chi connectivity index (χ0n) is 19.8. The predicted molar refractivity (Wildman–Crippen MR) is 130 cm³/mol. The van der Waals surface area contributed by atoms with Crippen molar-refractivity contribution in [3.05, 3.63) is 53.7 Å². The van der Waals surface area contributed by atoms with Gasteiger partial charge < -0.3 is 14.5 Å². The lowest BCUT2D eigenvalue weighted by atomic mass is 9.97. The minimum Gasteiger partial charge on any atom is -0.422 e. The zero-order chi connectivity index (χ0) is 25.3. The maximum Gasteiger partial charge on any atom is 0.300 e. The van der Waals surface area contributed by atoms with Crippen LogP contribution in [0.4, 0.5) is 4.39 Å². The quantitative estimate of drug-likeness (QED) is 0.597. The molecule has 0 atom stereocenters. The first-order valence-corrected chi connectivity index (χ1v) is 11.4. The van der Waals surface area contributed by atoms with Gasteiger partial charge in [0.2, 0.25) is 11.7 Å². The first-order valence-electron chi connectivity index (χ1n) is 11.0. The van der Waals surface area contributed by atoms with E-state index in [0.717, 1.165) is 0 Å². The average Bonchev–Trinajstić information content (AvgIpc) is 3.38. The van der Waals surface area contributed by atoms with Crippen LogP contribution in [0.5, 0.6) is 0 Å². The molecule has 2 aliphatic heterocycles. The minimum atomic E-state index is -0.579. The molecule has 35 heavy (non-hydrogen) atoms. The summed E-state index contributed by atoms with van der Waals surface area (Å²) >= 11 is 5.70. The van der Waals surface area contributed by atoms with Crippen LogP contribution in [-0.2, 0) is 11.3 Å². The monoisotopic (exact) mass is 500 g/mol. The molecule has 0 radical (unpaired) electrons. The fourth-order valence-corrected chi connectivity index (χ4v) is 3.70. The van der Waals surface area contributed by atoms with Gasteiger partial charge in [-0.3, -0.25) is 4.79 Å². The number of nitrogens with zero attached hydrogens (tertiary/aromatic N) is 8. The van der Waals surface area contributed by atoms with Crippen LogP contribution in [0.2, 0.25) is 0 Å². The summed E-state index contributed by atoms with van der Waals surface area (Å²) in [7, 11) is 0. The van der Waals surface area contributed by atoms with Gasteiger partial charge in [-0.15, -0.1) is 10.2 Å². The van der Waals surface area contributed by atoms with E-state index < -0.39 is 5.82 Å². The van der Waals surface area contributed by atoms with Gasteiger partial charge in [0.05, 0.1) is 12.1 Å². The number of aliphatic imine (C=N–C) groups is 2. The highest BCUT2D eigenvalue weighted by Crippen LogP contribution is 2.23. The van der Waals surface area contributed by atoms with Crippen molar-refractivity contribution in [2.24, 2.45) is 15.4 Å². The molecule has 10 nitrogen and oxygen atoms in total. The van der Waals surface area contributed by atoms with Gasteiger partial charge in [0, 0.05) is 31.7 Å². The van der Waals surface area contributed by atoms with Crippen molar-refractivity contribution >= 4 is 29.4 Å². The fraction of sp³-hybridized carbons (Fsp3) is 0.391. The number of ether oxygens (including phenoxy) is 1. The predicted octanol–water partition coefficient (Wildman–Crippen LogP) is 3.29. The molecule has 12 heteroatoms. The van der Waals surface area contributed by atoms with E-state index in [1.165, 1.54) is 16.9 Å². The summed E-state index contributed by atoms with van der Waals surface area (Å²) in [5.74, 6) is -0.117. The Bertz CT molecular complexity index is 1240. The van der Waals surface area contributed by atoms with Crippen LogP contribution in [0.3, 0.4) is 0 Å². The number of piperazine rings is 1. The minimum absolute atomic E-state index is 0.0452. The van der Waals surface area contributed by atoms with Crippen molar-refractivity contribution in [3.63, 3.8) is 0 Å². The van der Waals surface area contributed by atoms with Crippen LogP contribution in [0, 0.1) is 11.2 Å². The molecular formula is C23H26ClFN8O2. The smallest absolute Gasteiger partial charge is 0.300 e. The first kappa shape index (κ1) is 24.5. The molecule has 0 spiro atoms. The SMILES string of the molecule is C=C(Cl)/N=C1/N=C(N2CCN(C(=O)c3ccc(-c4nnn(CC(C)(C)C)n4)c(F)c3)CC2)OC1=C. The average molecular weight is 501 g/mol. The highest BCUT2D eigenvalue weighted by Gasteiger charge is 2.29. The standard InChI is InChI=1S/C23H26ClFN8O2/c1-14-19(26-15(2)24)27-22(35-14)32-10-8-31(9-11-32)21(34)16-6-7-17(18(25)12-16)20-28-30-33(29-20)13-23(3,4)5/h6-7,12H,1-2,8-11,13H2,3-5H3/b26-19+. The number of hydrogen-bond donors (Lipinski definition) is 0. The molecule has 1 aromatic heterocycles. The van der Waals surface area contributed by atoms with Gasteiger partial charge in [0.1, 0.15) is 11.0 Å². The van der Waals surface area contributed by atoms with Crippen LogP contribution in [-0.4, -0.2) is 74.0 Å². The van der Waals surface area contributed by atoms with E-state index in [9.17, 15) is 9.18 Å². The van der Waals surface area contributed by atoms with E-state index in [0.29, 0.717) is 38.7 Å². The van der Waals surface area contributed by atoms with E-state index in [1.807, 2.05) is 25.7 Å². The largest absolute Gasteiger partial charge is 0.422 e. The molecule has 3 heterocycles. The van der Waals surface area contributed by atoms with E-state index in [4.69, 9.17) is 16.3 Å². The van der Waals surface area contributed by atoms with Crippen LogP contribution in [0.15, 0.2) is 52.3 Å². The van der Waals surface area contributed by atoms with Crippen LogP contribution >= 0.6 is 11.6 Å². The van der Waals surface area contributed by atoms with Gasteiger partial charge in [-0.05, 0) is 28.8 Å². The summed E-state index contributed by atoms with van der Waals surface area (Å²) in [5, 5.41) is 12.3. The Labute approximate surface area is 207 Å². The number of carbonyl (C=O) groups is 1. The van der Waals surface area contributed by atoms with E-state index in [-0.39, 0.29) is 45.0 Å². The first-order chi connectivity index (χ1) is 16.5. The lowest BCUT2D eigenvalue weighted by Crippen LogP contribution is -2.50. The summed E-state index contributed by atoms with van der Waals surface area (Å²) in [6.07, 6.45) is 0. The molecule has 2 aromatic rings. The highest BCUT2D eigenvalue weighted by molar-refractivity contribution is 6.30. The van der Waals surface area contributed by atoms with Gasteiger partial charge in [0.25, 0.3) is 11.9 Å². The molecule has 0 saturated carbocycles. The Morgan fingerprint density at radius 3 is 2.60 bits per heavy atom. The van der Waals surface area contributed by atoms with E-state index in [1.54, 1.807) is 11.0 Å². The number of halogens is 2. The van der Waals surface area contributed by atoms with Crippen molar-refractivity contribution < 1.29 is 13.9 Å². The van der Waals surface area contributed by atoms with Gasteiger partial charge in [-0.2, -0.15) is 9.79 Å². The number of benzene rings is 1. The number of aromatic nitrogens is 4. The second-order valence-electron chi connectivity index (χ2n) is 9.41. The van der Waals surface area contributed by atoms with Gasteiger partial charge in [0.15, 0.2) is 5.76 Å². The topological polar surface area (TPSA) is 101 Å². The van der Waals surface area contributed by atoms with Crippen molar-refractivity contribution in [1.82, 2.24) is 30.0 Å². The molecule has 4 rings (SSSR count). The number of amidine groups is 2. The summed E-state index contributed by atoms with van der Waals surface area (Å²) in [6, 6.07) is 4.65. The number of rotatable bonds is 4. The molecule has 0 aliphatic carbocycles. The Hall–Kier alpha value is -3.60. The normalized spacial score (nSPS) is 17.6. The molecule has 1 fully saturated rings. The second kappa shape index (κ2) is 9.57. The number of carbonyl (C=O) groups excluding carboxylic acids is 1. The molecule has 0 bridgehead atoms. The second-order valence-corrected chi connectivity index (χ2v) is 9.85. The zero-order valence-corrected chi connectivity index (χ0v) is 20.6. The summed E-state index contributed by atoms with van der Waals surface area (Å²) in [4.78, 5) is 26.2. The molecule has 1 amide bonds. The van der Waals surface area contributed by atoms with E-state index >= 15 is 0 Å². The van der Waals surface area contributed by atoms with Crippen LogP contribution in [0.1, 0.15) is 31.1 Å². The number of amides is 1. The molecule has 0 unspecified atom stereocenters. The van der Waals surface area contributed by atoms with Crippen molar-refractivity contribution in [1.29, 1.82) is 0 Å². The van der Waals surface area contributed by atoms with Crippen LogP contribution in [0.25, 0.3) is 11.4 Å². The third-order valence-electron chi connectivity index (χ3n) is 5.26. The van der Waals surface area contributed by atoms with Crippen molar-refractivity contribution in [2.75, 3.05) is 26.2 Å². The summed E-state index contributed by atoms with van der Waals surface area (Å²) in [6.45, 7) is 15.7. The van der Waals surface area contributed by atoms with Gasteiger partial charge >= 0.3 is 0 Å². The lowest BCUT2D eigenvalue weighted by molar-refractivity contribution is 0.0679. The molecule has 184 valence electrons. The fourth-order valence-electron chi connectivity index (χ4n) is 3.62. The number of tetrazole rings is 1. The maximum atomic E-state index is 14.9. The Kier molecular flexibility index (Phi) is 6.70. The Balaban J connectivity index is 1.40. The Morgan fingerprint density at radius 1 is 1.26 bits per heavy atom. The number of hydrogen-bond acceptors (Lipinski definition) is 7. The summed E-state index contributed by atoms with van der Waals surface area (Å²) < 4.78 is 20.5. The molecular weight excluding hydrogens is 475 g/mol. The highest BCUT2D eigenvalue weighted by atomic mass is 35.5. The molecule has 2 aliphatic rings. The van der Waals surface area contributed by atoms with Gasteiger partial charge in [-0.25, -0.2) is 9.38 Å². The third kappa shape index (κ3) is 5.73. The Morgan fingerprint density at radius 2 is 1.97 bits per heavy atom. The van der Waals surface area contributed by atoms with Crippen molar-refractivity contribution in [2.45, 2.75) is 27.3 Å². The molecule has 1 aromatic carbocycles. The lowest BCUT2D eigenvalue weighted by Gasteiger charge is -2.34. The third-order valence-corrected chi connectivity index (χ3v) is 5.34. The summed E-state index contributed by atoms with van der Waals surface area (Å²) in [5.41, 5.74) is 0.399. The molecule has 1 saturated heterocycles. The van der Waals surface area contributed by atoms with E-state index in [2.05, 4.69) is 38.6 Å².